The van der Waals surface area contributed by atoms with Crippen molar-refractivity contribution in [3.05, 3.63) is 131 Å². The molecule has 1 saturated heterocycles. The van der Waals surface area contributed by atoms with Crippen molar-refractivity contribution in [1.82, 2.24) is 4.90 Å². The predicted molar refractivity (Wildman–Crippen MR) is 152 cm³/mol. The van der Waals surface area contributed by atoms with Crippen molar-refractivity contribution < 1.29 is 28.2 Å². The van der Waals surface area contributed by atoms with E-state index in [0.717, 1.165) is 11.1 Å². The zero-order valence-electron chi connectivity index (χ0n) is 22.1. The van der Waals surface area contributed by atoms with Crippen LogP contribution in [0.1, 0.15) is 43.4 Å². The quantitative estimate of drug-likeness (QED) is 0.332. The lowest BCUT2D eigenvalue weighted by atomic mass is 9.62. The summed E-state index contributed by atoms with van der Waals surface area (Å²) in [4.78, 5) is 45.7. The summed E-state index contributed by atoms with van der Waals surface area (Å²) < 4.78 is 24.9. The maximum absolute atomic E-state index is 14.9. The molecule has 4 aliphatic rings. The van der Waals surface area contributed by atoms with E-state index in [9.17, 15) is 18.8 Å². The van der Waals surface area contributed by atoms with Crippen LogP contribution in [-0.4, -0.2) is 35.2 Å². The molecular formula is C34H23FN2O5. The summed E-state index contributed by atoms with van der Waals surface area (Å²) in [6.45, 7) is 0.0409. The lowest BCUT2D eigenvalue weighted by Crippen LogP contribution is -2.49. The van der Waals surface area contributed by atoms with Gasteiger partial charge in [0.2, 0.25) is 12.7 Å². The van der Waals surface area contributed by atoms with Crippen LogP contribution >= 0.6 is 0 Å². The molecule has 0 radical (unpaired) electrons. The molecule has 4 aliphatic heterocycles. The van der Waals surface area contributed by atoms with E-state index in [-0.39, 0.29) is 29.8 Å². The molecule has 4 atom stereocenters. The first kappa shape index (κ1) is 24.5. The molecule has 1 N–H and O–H groups in total. The molecule has 206 valence electrons. The van der Waals surface area contributed by atoms with Crippen molar-refractivity contribution in [2.45, 2.75) is 17.5 Å². The summed E-state index contributed by atoms with van der Waals surface area (Å²) in [5, 5.41) is 3.03. The van der Waals surface area contributed by atoms with Gasteiger partial charge in [0.1, 0.15) is 17.3 Å². The lowest BCUT2D eigenvalue weighted by Gasteiger charge is -2.38. The number of carbonyl (C=O) groups excluding carboxylic acids is 3. The molecule has 8 heteroatoms. The van der Waals surface area contributed by atoms with Crippen LogP contribution in [-0.2, 0) is 10.2 Å². The van der Waals surface area contributed by atoms with Crippen LogP contribution in [0.15, 0.2) is 97.2 Å². The second-order valence-corrected chi connectivity index (χ2v) is 10.9. The number of carbonyl (C=O) groups is 3. The van der Waals surface area contributed by atoms with Crippen molar-refractivity contribution in [3.63, 3.8) is 0 Å². The lowest BCUT2D eigenvalue weighted by molar-refractivity contribution is -0.122. The Morgan fingerprint density at radius 3 is 2.45 bits per heavy atom. The Morgan fingerprint density at radius 1 is 0.857 bits per heavy atom. The monoisotopic (exact) mass is 558 g/mol. The number of nitrogens with one attached hydrogen (secondary N) is 1. The van der Waals surface area contributed by atoms with Gasteiger partial charge in [-0.15, -0.1) is 0 Å². The molecule has 1 spiro atoms. The highest BCUT2D eigenvalue weighted by Gasteiger charge is 2.70. The molecule has 42 heavy (non-hydrogen) atoms. The number of anilines is 1. The maximum atomic E-state index is 14.9. The molecule has 4 heterocycles. The van der Waals surface area contributed by atoms with Crippen LogP contribution in [0.4, 0.5) is 10.1 Å². The number of hydrogen-bond acceptors (Lipinski definition) is 6. The SMILES string of the molecule is O=C(c1ccc(F)cc1)[C@@H]1[C@H](C(=O)c2ccc3c(c2)OCO3)[C@@]2(C(=O)Nc3ccccc32)[C@@H]2c3ccccc3C=CN12. The number of ketones is 2. The van der Waals surface area contributed by atoms with Gasteiger partial charge in [0.05, 0.1) is 12.0 Å². The number of amides is 1. The second kappa shape index (κ2) is 8.88. The van der Waals surface area contributed by atoms with Crippen LogP contribution in [0.5, 0.6) is 11.5 Å². The molecule has 0 bridgehead atoms. The van der Waals surface area contributed by atoms with Gasteiger partial charge in [0.25, 0.3) is 0 Å². The molecule has 4 aromatic rings. The Hall–Kier alpha value is -5.24. The van der Waals surface area contributed by atoms with Gasteiger partial charge in [-0.1, -0.05) is 42.5 Å². The molecular weight excluding hydrogens is 535 g/mol. The van der Waals surface area contributed by atoms with E-state index in [1.54, 1.807) is 18.2 Å². The van der Waals surface area contributed by atoms with Crippen molar-refractivity contribution in [3.8, 4) is 11.5 Å². The van der Waals surface area contributed by atoms with Gasteiger partial charge in [-0.3, -0.25) is 14.4 Å². The van der Waals surface area contributed by atoms with E-state index in [1.807, 2.05) is 65.7 Å². The highest BCUT2D eigenvalue weighted by molar-refractivity contribution is 6.16. The van der Waals surface area contributed by atoms with Crippen LogP contribution in [0.3, 0.4) is 0 Å². The van der Waals surface area contributed by atoms with Crippen molar-refractivity contribution >= 4 is 29.2 Å². The van der Waals surface area contributed by atoms with Gasteiger partial charge in [-0.25, -0.2) is 4.39 Å². The van der Waals surface area contributed by atoms with E-state index >= 15 is 0 Å². The highest BCUT2D eigenvalue weighted by Crippen LogP contribution is 2.62. The fraction of sp³-hybridized carbons (Fsp3) is 0.147. The van der Waals surface area contributed by atoms with Gasteiger partial charge >= 0.3 is 0 Å². The molecule has 8 rings (SSSR count). The summed E-state index contributed by atoms with van der Waals surface area (Å²) in [5.41, 5.74) is 2.10. The zero-order chi connectivity index (χ0) is 28.6. The van der Waals surface area contributed by atoms with E-state index in [0.29, 0.717) is 28.3 Å². The third-order valence-corrected chi connectivity index (χ3v) is 8.91. The first-order chi connectivity index (χ1) is 20.5. The van der Waals surface area contributed by atoms with E-state index in [2.05, 4.69) is 5.32 Å². The minimum absolute atomic E-state index is 0.0409. The normalized spacial score (nSPS) is 24.3. The second-order valence-electron chi connectivity index (χ2n) is 10.9. The Balaban J connectivity index is 1.41. The maximum Gasteiger partial charge on any atom is 0.238 e. The molecule has 0 unspecified atom stereocenters. The van der Waals surface area contributed by atoms with Gasteiger partial charge in [-0.05, 0) is 71.3 Å². The molecule has 4 aromatic carbocycles. The number of nitrogens with zero attached hydrogens (tertiary/aromatic N) is 1. The van der Waals surface area contributed by atoms with Gasteiger partial charge in [0, 0.05) is 23.0 Å². The molecule has 0 saturated carbocycles. The zero-order valence-corrected chi connectivity index (χ0v) is 22.1. The first-order valence-electron chi connectivity index (χ1n) is 13.7. The van der Waals surface area contributed by atoms with Crippen LogP contribution in [0, 0.1) is 11.7 Å². The Morgan fingerprint density at radius 2 is 1.60 bits per heavy atom. The fourth-order valence-corrected chi connectivity index (χ4v) is 7.18. The predicted octanol–water partition coefficient (Wildman–Crippen LogP) is 5.54. The number of Topliss-reactive ketones (excluding diaryl/α,β-unsaturated/α-hetero) is 2. The molecule has 0 aromatic heterocycles. The topological polar surface area (TPSA) is 84.9 Å². The number of hydrogen-bond donors (Lipinski definition) is 1. The number of rotatable bonds is 4. The number of ether oxygens (including phenoxy) is 2. The Labute approximate surface area is 240 Å². The van der Waals surface area contributed by atoms with Crippen LogP contribution in [0.25, 0.3) is 6.08 Å². The van der Waals surface area contributed by atoms with Gasteiger partial charge < -0.3 is 19.7 Å². The third kappa shape index (κ3) is 3.23. The summed E-state index contributed by atoms with van der Waals surface area (Å²) in [5.74, 6) is -1.77. The smallest absolute Gasteiger partial charge is 0.238 e. The minimum atomic E-state index is -1.45. The third-order valence-electron chi connectivity index (χ3n) is 8.91. The number of halogens is 1. The van der Waals surface area contributed by atoms with E-state index in [4.69, 9.17) is 9.47 Å². The molecule has 0 aliphatic carbocycles. The highest BCUT2D eigenvalue weighted by atomic mass is 19.1. The van der Waals surface area contributed by atoms with Gasteiger partial charge in [0.15, 0.2) is 23.1 Å². The summed E-state index contributed by atoms with van der Waals surface area (Å²) in [7, 11) is 0. The number of para-hydroxylation sites is 1. The first-order valence-corrected chi connectivity index (χ1v) is 13.7. The van der Waals surface area contributed by atoms with Crippen LogP contribution in [0.2, 0.25) is 0 Å². The average molecular weight is 559 g/mol. The summed E-state index contributed by atoms with van der Waals surface area (Å²) in [6, 6.07) is 23.5. The van der Waals surface area contributed by atoms with Crippen molar-refractivity contribution in [2.24, 2.45) is 5.92 Å². The largest absolute Gasteiger partial charge is 0.454 e. The fourth-order valence-electron chi connectivity index (χ4n) is 7.18. The average Bonchev–Trinajstić information content (AvgIpc) is 3.70. The van der Waals surface area contributed by atoms with Crippen LogP contribution < -0.4 is 14.8 Å². The molecule has 7 nitrogen and oxygen atoms in total. The Bertz CT molecular complexity index is 1850. The Kier molecular flexibility index (Phi) is 5.19. The summed E-state index contributed by atoms with van der Waals surface area (Å²) >= 11 is 0. The summed E-state index contributed by atoms with van der Waals surface area (Å²) in [6.07, 6.45) is 3.71. The van der Waals surface area contributed by atoms with Crippen molar-refractivity contribution in [1.29, 1.82) is 0 Å². The van der Waals surface area contributed by atoms with Gasteiger partial charge in [-0.2, -0.15) is 0 Å². The molecule has 1 fully saturated rings. The standard InChI is InChI=1S/C34H23FN2O5/c35-22-12-9-20(10-13-22)31(39)29-28(30(38)21-11-14-26-27(17-21)42-18-41-26)34(24-7-3-4-8-25(24)36-33(34)40)32-23-6-2-1-5-19(23)15-16-37(29)32/h1-17,28-29,32H,18H2,(H,36,40)/t28-,29+,32+,34-/m1/s1. The number of benzene rings is 4. The van der Waals surface area contributed by atoms with E-state index in [1.165, 1.54) is 24.3 Å². The molecule has 1 amide bonds. The van der Waals surface area contributed by atoms with E-state index < -0.39 is 29.2 Å². The van der Waals surface area contributed by atoms with Crippen molar-refractivity contribution in [2.75, 3.05) is 12.1 Å². The number of fused-ring (bicyclic) bond motifs is 7. The minimum Gasteiger partial charge on any atom is -0.454 e.